The number of thiophene rings is 1. The molecule has 0 unspecified atom stereocenters. The minimum atomic E-state index is 0.561. The lowest BCUT2D eigenvalue weighted by molar-refractivity contribution is 0.953. The molecule has 0 aliphatic carbocycles. The third-order valence-electron chi connectivity index (χ3n) is 12.4. The Labute approximate surface area is 366 Å². The van der Waals surface area contributed by atoms with Gasteiger partial charge in [0.1, 0.15) is 0 Å². The second-order valence-corrected chi connectivity index (χ2v) is 17.0. The second-order valence-electron chi connectivity index (χ2n) is 16.0. The number of para-hydroxylation sites is 3. The summed E-state index contributed by atoms with van der Waals surface area (Å²) in [5.74, 6) is 1.80. The lowest BCUT2D eigenvalue weighted by Crippen LogP contribution is -2.07. The molecule has 0 spiro atoms. The van der Waals surface area contributed by atoms with Crippen LogP contribution in [0.4, 0.5) is 0 Å². The summed E-state index contributed by atoms with van der Waals surface area (Å²) in [6, 6.07) is 75.7. The molecule has 4 aromatic heterocycles. The minimum absolute atomic E-state index is 0.561. The average Bonchev–Trinajstić information content (AvgIpc) is 4.02. The van der Waals surface area contributed by atoms with Gasteiger partial charge in [0.2, 0.25) is 5.95 Å². The molecule has 13 rings (SSSR count). The van der Waals surface area contributed by atoms with Crippen molar-refractivity contribution in [2.75, 3.05) is 0 Å². The van der Waals surface area contributed by atoms with Crippen molar-refractivity contribution >= 4 is 75.1 Å². The highest BCUT2D eigenvalue weighted by Gasteiger charge is 2.26. The maximum atomic E-state index is 5.46. The fourth-order valence-electron chi connectivity index (χ4n) is 9.60. The van der Waals surface area contributed by atoms with Gasteiger partial charge in [-0.3, -0.25) is 4.57 Å². The molecule has 0 N–H and O–H groups in total. The number of hydrogen-bond donors (Lipinski definition) is 0. The highest BCUT2D eigenvalue weighted by Crippen LogP contribution is 2.46. The SMILES string of the molecule is c1ccc(-c2nc(-c3ccc4c(c3)sc3ccccc34)nc(-n3c4ccccc4c4ccc5c6ccccc6n(-c6c(-c7ccccc7)cccc6-c6ccccc6)c5c43)n2)cc1. The van der Waals surface area contributed by atoms with Crippen molar-refractivity contribution in [1.82, 2.24) is 24.1 Å². The molecule has 0 radical (unpaired) electrons. The molecule has 0 bridgehead atoms. The van der Waals surface area contributed by atoms with Gasteiger partial charge in [-0.25, -0.2) is 4.98 Å². The topological polar surface area (TPSA) is 48.5 Å². The van der Waals surface area contributed by atoms with Crippen LogP contribution < -0.4 is 0 Å². The molecule has 0 atom stereocenters. The molecule has 0 aliphatic rings. The summed E-state index contributed by atoms with van der Waals surface area (Å²) in [7, 11) is 0. The van der Waals surface area contributed by atoms with Crippen molar-refractivity contribution < 1.29 is 0 Å². The third-order valence-corrected chi connectivity index (χ3v) is 13.5. The summed E-state index contributed by atoms with van der Waals surface area (Å²) < 4.78 is 7.25. The Morgan fingerprint density at radius 2 is 0.794 bits per heavy atom. The molecule has 294 valence electrons. The van der Waals surface area contributed by atoms with E-state index in [1.165, 1.54) is 25.6 Å². The molecule has 0 saturated carbocycles. The molecule has 4 heterocycles. The number of aromatic nitrogens is 5. The maximum Gasteiger partial charge on any atom is 0.238 e. The van der Waals surface area contributed by atoms with Gasteiger partial charge in [0.05, 0.1) is 27.8 Å². The summed E-state index contributed by atoms with van der Waals surface area (Å²) >= 11 is 1.80. The summed E-state index contributed by atoms with van der Waals surface area (Å²) in [6.45, 7) is 0. The van der Waals surface area contributed by atoms with Crippen LogP contribution in [0.15, 0.2) is 212 Å². The Balaban J connectivity index is 1.18. The fraction of sp³-hybridized carbons (Fsp3) is 0. The Hall–Kier alpha value is -8.19. The van der Waals surface area contributed by atoms with E-state index in [2.05, 4.69) is 203 Å². The number of fused-ring (bicyclic) bond motifs is 10. The molecule has 6 heteroatoms. The predicted molar refractivity (Wildman–Crippen MR) is 263 cm³/mol. The highest BCUT2D eigenvalue weighted by molar-refractivity contribution is 7.25. The van der Waals surface area contributed by atoms with E-state index in [0.717, 1.165) is 77.3 Å². The monoisotopic (exact) mass is 821 g/mol. The number of hydrogen-bond acceptors (Lipinski definition) is 4. The standard InChI is InChI=1S/C57H35N5S/c1-4-17-36(18-5-1)40-26-16-27-41(37-19-6-2-7-20-37)52(40)61-48-28-13-10-23-42(48)46-33-34-47-43-24-11-14-29-49(43)62(54(47)53(46)61)57-59-55(38-21-8-3-9-22-38)58-56(60-57)39-31-32-45-44-25-12-15-30-50(44)63-51(45)35-39/h1-35H. The number of nitrogens with zero attached hydrogens (tertiary/aromatic N) is 5. The molecule has 0 fully saturated rings. The Morgan fingerprint density at radius 1 is 0.317 bits per heavy atom. The van der Waals surface area contributed by atoms with Crippen LogP contribution >= 0.6 is 11.3 Å². The molecule has 0 amide bonds. The summed E-state index contributed by atoms with van der Waals surface area (Å²) in [5, 5.41) is 7.07. The zero-order valence-corrected chi connectivity index (χ0v) is 34.7. The van der Waals surface area contributed by atoms with Gasteiger partial charge < -0.3 is 4.57 Å². The van der Waals surface area contributed by atoms with Crippen molar-refractivity contribution in [3.05, 3.63) is 212 Å². The van der Waals surface area contributed by atoms with E-state index in [1.807, 2.05) is 18.2 Å². The Bertz CT molecular complexity index is 3850. The lowest BCUT2D eigenvalue weighted by atomic mass is 9.95. The van der Waals surface area contributed by atoms with Gasteiger partial charge in [-0.2, -0.15) is 9.97 Å². The minimum Gasteiger partial charge on any atom is -0.306 e. The van der Waals surface area contributed by atoms with Crippen LogP contribution in [0.3, 0.4) is 0 Å². The van der Waals surface area contributed by atoms with Crippen LogP contribution in [0.2, 0.25) is 0 Å². The van der Waals surface area contributed by atoms with E-state index >= 15 is 0 Å². The predicted octanol–water partition coefficient (Wildman–Crippen LogP) is 15.1. The quantitative estimate of drug-likeness (QED) is 0.168. The van der Waals surface area contributed by atoms with Crippen LogP contribution in [-0.4, -0.2) is 24.1 Å². The first-order chi connectivity index (χ1) is 31.3. The molecule has 0 saturated heterocycles. The van der Waals surface area contributed by atoms with E-state index in [4.69, 9.17) is 15.0 Å². The van der Waals surface area contributed by atoms with Crippen molar-refractivity contribution in [2.45, 2.75) is 0 Å². The molecular weight excluding hydrogens is 787 g/mol. The molecule has 0 aliphatic heterocycles. The average molecular weight is 822 g/mol. The van der Waals surface area contributed by atoms with Crippen LogP contribution in [0, 0.1) is 0 Å². The second kappa shape index (κ2) is 14.2. The normalized spacial score (nSPS) is 11.8. The van der Waals surface area contributed by atoms with E-state index < -0.39 is 0 Å². The Morgan fingerprint density at radius 3 is 1.43 bits per heavy atom. The molecular formula is C57H35N5S. The summed E-state index contributed by atoms with van der Waals surface area (Å²) in [5.41, 5.74) is 11.8. The van der Waals surface area contributed by atoms with Gasteiger partial charge in [-0.1, -0.05) is 188 Å². The van der Waals surface area contributed by atoms with Crippen molar-refractivity contribution in [1.29, 1.82) is 0 Å². The maximum absolute atomic E-state index is 5.46. The van der Waals surface area contributed by atoms with Gasteiger partial charge >= 0.3 is 0 Å². The zero-order chi connectivity index (χ0) is 41.4. The van der Waals surface area contributed by atoms with Gasteiger partial charge in [0, 0.05) is 64.0 Å². The molecule has 9 aromatic carbocycles. The number of rotatable bonds is 6. The molecule has 5 nitrogen and oxygen atoms in total. The Kier molecular flexibility index (Phi) is 8.01. The van der Waals surface area contributed by atoms with Crippen LogP contribution in [0.5, 0.6) is 0 Å². The molecule has 13 aromatic rings. The summed E-state index contributed by atoms with van der Waals surface area (Å²) in [6.07, 6.45) is 0. The fourth-order valence-corrected chi connectivity index (χ4v) is 10.7. The first-order valence-corrected chi connectivity index (χ1v) is 22.0. The number of benzene rings is 9. The van der Waals surface area contributed by atoms with E-state index in [9.17, 15) is 0 Å². The zero-order valence-electron chi connectivity index (χ0n) is 33.9. The third kappa shape index (κ3) is 5.59. The van der Waals surface area contributed by atoms with Crippen molar-refractivity contribution in [2.24, 2.45) is 0 Å². The molecule has 63 heavy (non-hydrogen) atoms. The highest BCUT2D eigenvalue weighted by atomic mass is 32.1. The van der Waals surface area contributed by atoms with Gasteiger partial charge in [0.25, 0.3) is 0 Å². The largest absolute Gasteiger partial charge is 0.306 e. The van der Waals surface area contributed by atoms with Gasteiger partial charge in [-0.05, 0) is 35.4 Å². The van der Waals surface area contributed by atoms with Crippen LogP contribution in [0.25, 0.3) is 120 Å². The van der Waals surface area contributed by atoms with Gasteiger partial charge in [0.15, 0.2) is 11.6 Å². The van der Waals surface area contributed by atoms with Crippen LogP contribution in [-0.2, 0) is 0 Å². The van der Waals surface area contributed by atoms with Crippen LogP contribution in [0.1, 0.15) is 0 Å². The first-order valence-electron chi connectivity index (χ1n) is 21.2. The smallest absolute Gasteiger partial charge is 0.238 e. The van der Waals surface area contributed by atoms with E-state index in [0.29, 0.717) is 17.6 Å². The summed E-state index contributed by atoms with van der Waals surface area (Å²) in [4.78, 5) is 16.1. The first kappa shape index (κ1) is 35.6. The van der Waals surface area contributed by atoms with Crippen molar-refractivity contribution in [3.8, 4) is 56.7 Å². The lowest BCUT2D eigenvalue weighted by Gasteiger charge is -2.20. The van der Waals surface area contributed by atoms with Crippen molar-refractivity contribution in [3.63, 3.8) is 0 Å². The van der Waals surface area contributed by atoms with E-state index in [-0.39, 0.29) is 0 Å². The van der Waals surface area contributed by atoms with Gasteiger partial charge in [-0.15, -0.1) is 11.3 Å². The van der Waals surface area contributed by atoms with E-state index in [1.54, 1.807) is 11.3 Å².